The minimum absolute atomic E-state index is 0.0850. The fourth-order valence-corrected chi connectivity index (χ4v) is 3.85. The zero-order valence-electron chi connectivity index (χ0n) is 12.1. The number of carbonyl (C=O) groups excluding carboxylic acids is 1. The number of thioether (sulfide) groups is 1. The number of aromatic nitrogens is 3. The van der Waals surface area contributed by atoms with Crippen LogP contribution in [0.1, 0.15) is 0 Å². The maximum Gasteiger partial charge on any atom is 0.266 e. The molecule has 3 rings (SSSR count). The van der Waals surface area contributed by atoms with Crippen molar-refractivity contribution in [3.63, 3.8) is 0 Å². The third-order valence-corrected chi connectivity index (χ3v) is 5.21. The van der Waals surface area contributed by atoms with Crippen LogP contribution in [0.4, 0.5) is 0 Å². The van der Waals surface area contributed by atoms with Crippen LogP contribution in [0, 0.1) is 0 Å². The van der Waals surface area contributed by atoms with E-state index in [0.29, 0.717) is 18.8 Å². The Morgan fingerprint density at radius 1 is 1.26 bits per heavy atom. The molecule has 2 aromatic heterocycles. The molecule has 0 saturated heterocycles. The molecule has 6 nitrogen and oxygen atoms in total. The topological polar surface area (TPSA) is 76.9 Å². The molecular weight excluding hydrogens is 332 g/mol. The molecule has 0 spiro atoms. The number of amides is 1. The first kappa shape index (κ1) is 15.7. The van der Waals surface area contributed by atoms with Crippen molar-refractivity contribution in [3.8, 4) is 0 Å². The molecule has 2 heterocycles. The summed E-state index contributed by atoms with van der Waals surface area (Å²) in [6.07, 6.45) is 1.55. The normalized spacial score (nSPS) is 10.8. The molecule has 23 heavy (non-hydrogen) atoms. The van der Waals surface area contributed by atoms with E-state index >= 15 is 0 Å². The molecule has 8 heteroatoms. The Morgan fingerprint density at radius 3 is 2.96 bits per heavy atom. The van der Waals surface area contributed by atoms with Crippen molar-refractivity contribution in [2.24, 2.45) is 0 Å². The van der Waals surface area contributed by atoms with Crippen molar-refractivity contribution >= 4 is 39.2 Å². The van der Waals surface area contributed by atoms with Crippen LogP contribution in [0.3, 0.4) is 0 Å². The van der Waals surface area contributed by atoms with Crippen molar-refractivity contribution < 1.29 is 4.79 Å². The Labute approximate surface area is 140 Å². The number of fused-ring (bicyclic) bond motifs is 1. The fraction of sp³-hybridized carbons (Fsp3) is 0.200. The molecule has 1 N–H and O–H groups in total. The summed E-state index contributed by atoms with van der Waals surface area (Å²) in [5.41, 5.74) is 0.778. The Hall–Kier alpha value is -2.19. The van der Waals surface area contributed by atoms with E-state index in [9.17, 15) is 9.59 Å². The minimum atomic E-state index is -0.175. The van der Waals surface area contributed by atoms with Gasteiger partial charge in [-0.1, -0.05) is 23.9 Å². The molecule has 0 atom stereocenters. The second-order valence-corrected chi connectivity index (χ2v) is 6.92. The smallest absolute Gasteiger partial charge is 0.266 e. The summed E-state index contributed by atoms with van der Waals surface area (Å²) in [6, 6.07) is 10.9. The number of benzene rings is 1. The zero-order valence-corrected chi connectivity index (χ0v) is 13.8. The van der Waals surface area contributed by atoms with Crippen molar-refractivity contribution in [1.29, 1.82) is 0 Å². The lowest BCUT2D eigenvalue weighted by atomic mass is 10.3. The van der Waals surface area contributed by atoms with Gasteiger partial charge in [0.15, 0.2) is 4.34 Å². The Morgan fingerprint density at radius 2 is 2.13 bits per heavy atom. The molecule has 0 aliphatic carbocycles. The van der Waals surface area contributed by atoms with Crippen molar-refractivity contribution in [2.45, 2.75) is 10.9 Å². The highest BCUT2D eigenvalue weighted by Crippen LogP contribution is 2.28. The number of hydrogen-bond donors (Lipinski definition) is 1. The predicted octanol–water partition coefficient (Wildman–Crippen LogP) is 1.76. The third-order valence-electron chi connectivity index (χ3n) is 3.03. The van der Waals surface area contributed by atoms with Crippen LogP contribution in [0.25, 0.3) is 10.2 Å². The average molecular weight is 346 g/mol. The van der Waals surface area contributed by atoms with Gasteiger partial charge in [-0.3, -0.25) is 9.59 Å². The summed E-state index contributed by atoms with van der Waals surface area (Å²) in [5.74, 6) is 0.218. The molecule has 0 bridgehead atoms. The van der Waals surface area contributed by atoms with Crippen molar-refractivity contribution in [1.82, 2.24) is 20.1 Å². The van der Waals surface area contributed by atoms with Gasteiger partial charge in [-0.2, -0.15) is 5.10 Å². The van der Waals surface area contributed by atoms with Crippen LogP contribution in [-0.2, 0) is 11.3 Å². The van der Waals surface area contributed by atoms with Gasteiger partial charge in [0.25, 0.3) is 5.56 Å². The number of nitrogens with one attached hydrogen (secondary N) is 1. The molecule has 0 aliphatic rings. The minimum Gasteiger partial charge on any atom is -0.354 e. The van der Waals surface area contributed by atoms with Crippen molar-refractivity contribution in [3.05, 3.63) is 52.9 Å². The van der Waals surface area contributed by atoms with Crippen LogP contribution in [0.15, 0.2) is 51.7 Å². The van der Waals surface area contributed by atoms with Gasteiger partial charge in [-0.15, -0.1) is 11.3 Å². The zero-order chi connectivity index (χ0) is 16.1. The first-order valence-corrected chi connectivity index (χ1v) is 8.80. The SMILES string of the molecule is O=C(CSc1nc2ccccc2s1)NCCn1ncccc1=O. The van der Waals surface area contributed by atoms with Gasteiger partial charge in [-0.25, -0.2) is 9.67 Å². The summed E-state index contributed by atoms with van der Waals surface area (Å²) in [4.78, 5) is 27.8. The van der Waals surface area contributed by atoms with Gasteiger partial charge in [0.2, 0.25) is 5.91 Å². The largest absolute Gasteiger partial charge is 0.354 e. The van der Waals surface area contributed by atoms with E-state index in [1.807, 2.05) is 24.3 Å². The van der Waals surface area contributed by atoms with E-state index in [2.05, 4.69) is 15.4 Å². The van der Waals surface area contributed by atoms with Gasteiger partial charge < -0.3 is 5.32 Å². The Kier molecular flexibility index (Phi) is 5.04. The molecule has 0 unspecified atom stereocenters. The van der Waals surface area contributed by atoms with Gasteiger partial charge >= 0.3 is 0 Å². The number of nitrogens with zero attached hydrogens (tertiary/aromatic N) is 3. The lowest BCUT2D eigenvalue weighted by Crippen LogP contribution is -2.32. The second kappa shape index (κ2) is 7.38. The number of hydrogen-bond acceptors (Lipinski definition) is 6. The average Bonchev–Trinajstić information content (AvgIpc) is 2.98. The Balaban J connectivity index is 1.46. The highest BCUT2D eigenvalue weighted by atomic mass is 32.2. The summed E-state index contributed by atoms with van der Waals surface area (Å²) < 4.78 is 3.31. The molecule has 1 aromatic carbocycles. The van der Waals surface area contributed by atoms with Gasteiger partial charge in [0.1, 0.15) is 0 Å². The van der Waals surface area contributed by atoms with Gasteiger partial charge in [0, 0.05) is 18.8 Å². The first-order valence-electron chi connectivity index (χ1n) is 6.99. The lowest BCUT2D eigenvalue weighted by molar-refractivity contribution is -0.118. The van der Waals surface area contributed by atoms with Crippen LogP contribution >= 0.6 is 23.1 Å². The highest BCUT2D eigenvalue weighted by molar-refractivity contribution is 8.01. The van der Waals surface area contributed by atoms with Crippen molar-refractivity contribution in [2.75, 3.05) is 12.3 Å². The quantitative estimate of drug-likeness (QED) is 0.688. The summed E-state index contributed by atoms with van der Waals surface area (Å²) in [7, 11) is 0. The molecule has 0 radical (unpaired) electrons. The summed E-state index contributed by atoms with van der Waals surface area (Å²) >= 11 is 2.99. The maximum absolute atomic E-state index is 11.8. The van der Waals surface area contributed by atoms with Crippen LogP contribution in [-0.4, -0.2) is 33.0 Å². The number of para-hydroxylation sites is 1. The molecule has 0 saturated carbocycles. The van der Waals surface area contributed by atoms with Crippen LogP contribution in [0.2, 0.25) is 0 Å². The van der Waals surface area contributed by atoms with E-state index in [4.69, 9.17) is 0 Å². The maximum atomic E-state index is 11.8. The second-order valence-electron chi connectivity index (χ2n) is 4.67. The van der Waals surface area contributed by atoms with Gasteiger partial charge in [0.05, 0.1) is 22.5 Å². The number of rotatable bonds is 6. The molecule has 0 aliphatic heterocycles. The van der Waals surface area contributed by atoms with Crippen LogP contribution in [0.5, 0.6) is 0 Å². The summed E-state index contributed by atoms with van der Waals surface area (Å²) in [6.45, 7) is 0.730. The molecule has 1 amide bonds. The third kappa shape index (κ3) is 4.17. The molecule has 0 fully saturated rings. The van der Waals surface area contributed by atoms with E-state index in [1.165, 1.54) is 22.5 Å². The molecule has 3 aromatic rings. The fourth-order valence-electron chi connectivity index (χ4n) is 1.95. The van der Waals surface area contributed by atoms with Gasteiger partial charge in [-0.05, 0) is 18.2 Å². The van der Waals surface area contributed by atoms with Crippen LogP contribution < -0.4 is 10.9 Å². The highest BCUT2D eigenvalue weighted by Gasteiger charge is 2.07. The van der Waals surface area contributed by atoms with E-state index in [-0.39, 0.29) is 11.5 Å². The Bertz CT molecular complexity index is 842. The summed E-state index contributed by atoms with van der Waals surface area (Å²) in [5, 5.41) is 6.71. The monoisotopic (exact) mass is 346 g/mol. The number of thiazole rings is 1. The van der Waals surface area contributed by atoms with E-state index in [1.54, 1.807) is 23.6 Å². The van der Waals surface area contributed by atoms with E-state index in [0.717, 1.165) is 14.6 Å². The number of carbonyl (C=O) groups is 1. The molecule has 118 valence electrons. The predicted molar refractivity (Wildman–Crippen MR) is 91.9 cm³/mol. The first-order chi connectivity index (χ1) is 11.2. The standard InChI is InChI=1S/C15H14N4O2S2/c20-13(16-8-9-19-14(21)6-3-7-17-19)10-22-15-18-11-4-1-2-5-12(11)23-15/h1-7H,8-10H2,(H,16,20). The molecular formula is C15H14N4O2S2. The lowest BCUT2D eigenvalue weighted by Gasteiger charge is -2.05. The van der Waals surface area contributed by atoms with E-state index < -0.39 is 0 Å².